The van der Waals surface area contributed by atoms with Gasteiger partial charge in [0, 0.05) is 12.3 Å². The molecule has 0 aliphatic rings. The van der Waals surface area contributed by atoms with Crippen molar-refractivity contribution in [1.29, 1.82) is 0 Å². The summed E-state index contributed by atoms with van der Waals surface area (Å²) in [5.41, 5.74) is 2.70. The van der Waals surface area contributed by atoms with E-state index in [9.17, 15) is 9.90 Å². The molecule has 7 heteroatoms. The summed E-state index contributed by atoms with van der Waals surface area (Å²) in [5, 5.41) is 18.0. The highest BCUT2D eigenvalue weighted by atomic mass is 16.5. The fourth-order valence-corrected chi connectivity index (χ4v) is 2.42. The van der Waals surface area contributed by atoms with E-state index in [0.717, 1.165) is 5.56 Å². The second-order valence-corrected chi connectivity index (χ2v) is 5.52. The van der Waals surface area contributed by atoms with Gasteiger partial charge in [-0.05, 0) is 37.6 Å². The van der Waals surface area contributed by atoms with Crippen molar-refractivity contribution < 1.29 is 14.6 Å². The molecule has 0 atom stereocenters. The van der Waals surface area contributed by atoms with E-state index in [-0.39, 0.29) is 18.1 Å². The summed E-state index contributed by atoms with van der Waals surface area (Å²) in [6.07, 6.45) is 1.90. The van der Waals surface area contributed by atoms with Crippen LogP contribution in [0.15, 0.2) is 52.8 Å². The van der Waals surface area contributed by atoms with E-state index in [2.05, 4.69) is 15.2 Å². The summed E-state index contributed by atoms with van der Waals surface area (Å²) in [5.74, 6) is 0.212. The average molecular weight is 338 g/mol. The molecule has 0 fully saturated rings. The van der Waals surface area contributed by atoms with Crippen molar-refractivity contribution in [2.24, 2.45) is 10.2 Å². The molecule has 1 N–H and O–H groups in total. The number of phenolic OH excluding ortho intramolecular Hbond substituents is 1. The first-order chi connectivity index (χ1) is 12.1. The summed E-state index contributed by atoms with van der Waals surface area (Å²) in [7, 11) is 0. The highest BCUT2D eigenvalue weighted by Gasteiger charge is 2.16. The molecule has 0 aliphatic carbocycles. The number of benzene rings is 1. The van der Waals surface area contributed by atoms with Crippen LogP contribution < -0.4 is 0 Å². The van der Waals surface area contributed by atoms with Crippen LogP contribution >= 0.6 is 0 Å². The van der Waals surface area contributed by atoms with Crippen molar-refractivity contribution in [3.8, 4) is 5.75 Å². The van der Waals surface area contributed by atoms with Gasteiger partial charge in [-0.1, -0.05) is 12.1 Å². The van der Waals surface area contributed by atoms with Gasteiger partial charge < -0.3 is 9.84 Å². The molecule has 25 heavy (non-hydrogen) atoms. The molecule has 0 saturated carbocycles. The van der Waals surface area contributed by atoms with Crippen molar-refractivity contribution in [2.75, 3.05) is 6.61 Å². The topological polar surface area (TPSA) is 88.5 Å². The predicted octanol–water partition coefficient (Wildman–Crippen LogP) is 3.87. The summed E-state index contributed by atoms with van der Waals surface area (Å²) >= 11 is 0. The zero-order valence-electron chi connectivity index (χ0n) is 14.0. The van der Waals surface area contributed by atoms with E-state index < -0.39 is 0 Å². The normalized spacial score (nSPS) is 11.3. The number of aromatic hydroxyl groups is 1. The first kappa shape index (κ1) is 16.6. The van der Waals surface area contributed by atoms with Gasteiger partial charge in [-0.2, -0.15) is 0 Å². The Labute approximate surface area is 144 Å². The van der Waals surface area contributed by atoms with Gasteiger partial charge in [0.15, 0.2) is 5.82 Å². The maximum Gasteiger partial charge on any atom is 0.312 e. The molecule has 0 unspecified atom stereocenters. The molecule has 0 radical (unpaired) electrons. The number of carbonyl (C=O) groups excluding carboxylic acids is 1. The molecular formula is C18H18N4O3. The number of hydrogen-bond donors (Lipinski definition) is 1. The predicted molar refractivity (Wildman–Crippen MR) is 92.5 cm³/mol. The highest BCUT2D eigenvalue weighted by Crippen LogP contribution is 2.26. The quantitative estimate of drug-likeness (QED) is 0.565. The number of phenols is 1. The number of hydrogen-bond acceptors (Lipinski definition) is 6. The van der Waals surface area contributed by atoms with Crippen molar-refractivity contribution in [3.63, 3.8) is 0 Å². The van der Waals surface area contributed by atoms with Crippen molar-refractivity contribution in [1.82, 2.24) is 9.38 Å². The van der Waals surface area contributed by atoms with E-state index in [1.807, 2.05) is 25.3 Å². The molecule has 0 bridgehead atoms. The average Bonchev–Trinajstić information content (AvgIpc) is 2.89. The molecular weight excluding hydrogens is 320 g/mol. The summed E-state index contributed by atoms with van der Waals surface area (Å²) in [6, 6.07) is 10.3. The van der Waals surface area contributed by atoms with Crippen molar-refractivity contribution in [2.45, 2.75) is 20.3 Å². The molecule has 0 amide bonds. The first-order valence-corrected chi connectivity index (χ1v) is 7.91. The molecule has 0 aliphatic heterocycles. The number of nitrogens with zero attached hydrogens (tertiary/aromatic N) is 4. The third kappa shape index (κ3) is 3.82. The largest absolute Gasteiger partial charge is 0.508 e. The Kier molecular flexibility index (Phi) is 4.74. The van der Waals surface area contributed by atoms with E-state index >= 15 is 0 Å². The van der Waals surface area contributed by atoms with Gasteiger partial charge in [0.05, 0.1) is 24.4 Å². The lowest BCUT2D eigenvalue weighted by molar-refractivity contribution is -0.142. The number of aromatic nitrogens is 2. The van der Waals surface area contributed by atoms with E-state index in [4.69, 9.17) is 4.74 Å². The zero-order valence-corrected chi connectivity index (χ0v) is 14.0. The second-order valence-electron chi connectivity index (χ2n) is 5.52. The van der Waals surface area contributed by atoms with E-state index in [1.165, 1.54) is 6.07 Å². The van der Waals surface area contributed by atoms with Crippen molar-refractivity contribution in [3.05, 3.63) is 53.9 Å². The number of azo groups is 1. The van der Waals surface area contributed by atoms with Crippen LogP contribution in [0.25, 0.3) is 5.65 Å². The van der Waals surface area contributed by atoms with Crippen LogP contribution in [0.5, 0.6) is 5.75 Å². The van der Waals surface area contributed by atoms with Gasteiger partial charge in [-0.25, -0.2) is 4.98 Å². The van der Waals surface area contributed by atoms with Crippen LogP contribution in [-0.2, 0) is 16.0 Å². The number of fused-ring (bicyclic) bond motifs is 1. The molecule has 1 aromatic carbocycles. The smallest absolute Gasteiger partial charge is 0.312 e. The Morgan fingerprint density at radius 1 is 1.28 bits per heavy atom. The Morgan fingerprint density at radius 2 is 2.12 bits per heavy atom. The zero-order chi connectivity index (χ0) is 17.8. The number of esters is 1. The van der Waals surface area contributed by atoms with Crippen molar-refractivity contribution >= 4 is 23.1 Å². The third-order valence-electron chi connectivity index (χ3n) is 3.52. The minimum absolute atomic E-state index is 0.0168. The Hall–Kier alpha value is -3.22. The van der Waals surface area contributed by atoms with E-state index in [1.54, 1.807) is 29.5 Å². The summed E-state index contributed by atoms with van der Waals surface area (Å²) < 4.78 is 6.79. The fourth-order valence-electron chi connectivity index (χ4n) is 2.42. The highest BCUT2D eigenvalue weighted by molar-refractivity contribution is 5.74. The molecule has 2 heterocycles. The maximum absolute atomic E-state index is 11.9. The molecule has 7 nitrogen and oxygen atoms in total. The number of rotatable bonds is 5. The van der Waals surface area contributed by atoms with Crippen LogP contribution in [0, 0.1) is 6.92 Å². The lowest BCUT2D eigenvalue weighted by atomic mass is 10.3. The van der Waals surface area contributed by atoms with E-state index in [0.29, 0.717) is 29.5 Å². The SMILES string of the molecule is CCOC(=O)Cc1nc2ccc(C)cn2c1N=Nc1cccc(O)c1. The number of aryl methyl sites for hydroxylation is 1. The van der Waals surface area contributed by atoms with Gasteiger partial charge in [-0.15, -0.1) is 10.2 Å². The first-order valence-electron chi connectivity index (χ1n) is 7.91. The second kappa shape index (κ2) is 7.12. The Bertz CT molecular complexity index is 947. The van der Waals surface area contributed by atoms with Gasteiger partial charge in [0.2, 0.25) is 0 Å². The Morgan fingerprint density at radius 3 is 2.88 bits per heavy atom. The molecule has 0 saturated heterocycles. The summed E-state index contributed by atoms with van der Waals surface area (Å²) in [6.45, 7) is 4.03. The number of imidazole rings is 1. The molecule has 3 rings (SSSR count). The summed E-state index contributed by atoms with van der Waals surface area (Å²) in [4.78, 5) is 16.3. The van der Waals surface area contributed by atoms with Gasteiger partial charge >= 0.3 is 5.97 Å². The lowest BCUT2D eigenvalue weighted by Crippen LogP contribution is -2.07. The van der Waals surface area contributed by atoms with Gasteiger partial charge in [-0.3, -0.25) is 9.20 Å². The molecule has 0 spiro atoms. The molecule has 2 aromatic heterocycles. The number of pyridine rings is 1. The van der Waals surface area contributed by atoms with Crippen LogP contribution in [0.2, 0.25) is 0 Å². The molecule has 128 valence electrons. The van der Waals surface area contributed by atoms with Gasteiger partial charge in [0.25, 0.3) is 0 Å². The molecule has 3 aromatic rings. The maximum atomic E-state index is 11.9. The number of ether oxygens (including phenoxy) is 1. The van der Waals surface area contributed by atoms with Crippen LogP contribution in [0.4, 0.5) is 11.5 Å². The van der Waals surface area contributed by atoms with Crippen LogP contribution in [0.3, 0.4) is 0 Å². The van der Waals surface area contributed by atoms with Crippen LogP contribution in [0.1, 0.15) is 18.2 Å². The Balaban J connectivity index is 2.03. The minimum atomic E-state index is -0.364. The minimum Gasteiger partial charge on any atom is -0.508 e. The monoisotopic (exact) mass is 338 g/mol. The number of carbonyl (C=O) groups is 1. The third-order valence-corrected chi connectivity index (χ3v) is 3.52. The fraction of sp³-hybridized carbons (Fsp3) is 0.222. The van der Waals surface area contributed by atoms with Crippen LogP contribution in [-0.4, -0.2) is 27.1 Å². The van der Waals surface area contributed by atoms with Gasteiger partial charge in [0.1, 0.15) is 11.4 Å². The standard InChI is InChI=1S/C18H18N4O3/c1-3-25-17(24)10-15-18(21-20-13-5-4-6-14(23)9-13)22-11-12(2)7-8-16(22)19-15/h4-9,11,23H,3,10H2,1-2H3. The lowest BCUT2D eigenvalue weighted by Gasteiger charge is -2.01.